The lowest BCUT2D eigenvalue weighted by molar-refractivity contribution is 0.0751. The van der Waals surface area contributed by atoms with Crippen LogP contribution in [0.5, 0.6) is 0 Å². The molecule has 0 aromatic carbocycles. The van der Waals surface area contributed by atoms with E-state index in [-0.39, 0.29) is 5.91 Å². The first-order chi connectivity index (χ1) is 7.70. The van der Waals surface area contributed by atoms with Crippen molar-refractivity contribution in [3.8, 4) is 0 Å². The zero-order valence-corrected chi connectivity index (χ0v) is 10.4. The van der Waals surface area contributed by atoms with E-state index >= 15 is 0 Å². The molecule has 1 amide bonds. The van der Waals surface area contributed by atoms with Crippen molar-refractivity contribution in [1.29, 1.82) is 0 Å². The first-order valence-electron chi connectivity index (χ1n) is 5.53. The van der Waals surface area contributed by atoms with E-state index in [9.17, 15) is 4.79 Å². The van der Waals surface area contributed by atoms with Crippen LogP contribution in [0.3, 0.4) is 0 Å². The van der Waals surface area contributed by atoms with Crippen molar-refractivity contribution in [3.63, 3.8) is 0 Å². The Morgan fingerprint density at radius 1 is 1.69 bits per heavy atom. The van der Waals surface area contributed by atoms with E-state index in [0.717, 1.165) is 31.1 Å². The van der Waals surface area contributed by atoms with Gasteiger partial charge in [0.15, 0.2) is 0 Å². The van der Waals surface area contributed by atoms with Gasteiger partial charge in [0.25, 0.3) is 5.91 Å². The molecule has 1 saturated heterocycles. The average Bonchev–Trinajstić information content (AvgIpc) is 2.76. The Kier molecular flexibility index (Phi) is 3.48. The van der Waals surface area contributed by atoms with Crippen molar-refractivity contribution in [3.05, 3.63) is 11.6 Å². The lowest BCUT2D eigenvalue weighted by atomic mass is 10.3. The molecule has 6 heteroatoms. The third kappa shape index (κ3) is 2.37. The van der Waals surface area contributed by atoms with Crippen molar-refractivity contribution in [2.75, 3.05) is 18.8 Å². The molecule has 1 N–H and O–H groups in total. The number of amides is 1. The van der Waals surface area contributed by atoms with Crippen molar-refractivity contribution in [2.45, 2.75) is 25.5 Å². The van der Waals surface area contributed by atoms with Gasteiger partial charge in [-0.1, -0.05) is 13.8 Å². The molecule has 2 heterocycles. The Balaban J connectivity index is 2.06. The highest BCUT2D eigenvalue weighted by Crippen LogP contribution is 2.18. The van der Waals surface area contributed by atoms with E-state index in [1.165, 1.54) is 0 Å². The van der Waals surface area contributed by atoms with Crippen LogP contribution in [0.1, 0.15) is 30.3 Å². The SMILES string of the molecule is CCc1nc(C(=O)N2CCSC(C)C2)n[nH]1. The van der Waals surface area contributed by atoms with Crippen LogP contribution in [0.2, 0.25) is 0 Å². The van der Waals surface area contributed by atoms with Crippen LogP contribution >= 0.6 is 11.8 Å². The van der Waals surface area contributed by atoms with Crippen LogP contribution in [-0.4, -0.2) is 50.1 Å². The molecule has 5 nitrogen and oxygen atoms in total. The van der Waals surface area contributed by atoms with Crippen LogP contribution in [0.25, 0.3) is 0 Å². The number of aromatic amines is 1. The molecule has 1 aliphatic heterocycles. The molecule has 1 aliphatic rings. The van der Waals surface area contributed by atoms with Gasteiger partial charge in [-0.15, -0.1) is 5.10 Å². The third-order valence-electron chi connectivity index (χ3n) is 2.59. The Hall–Kier alpha value is -1.04. The summed E-state index contributed by atoms with van der Waals surface area (Å²) >= 11 is 1.90. The summed E-state index contributed by atoms with van der Waals surface area (Å²) in [5.41, 5.74) is 0. The standard InChI is InChI=1S/C10H16N4OS/c1-3-8-11-9(13-12-8)10(15)14-4-5-16-7(2)6-14/h7H,3-6H2,1-2H3,(H,11,12,13). The number of carbonyl (C=O) groups is 1. The highest BCUT2D eigenvalue weighted by molar-refractivity contribution is 7.99. The van der Waals surface area contributed by atoms with Crippen molar-refractivity contribution < 1.29 is 4.79 Å². The van der Waals surface area contributed by atoms with Crippen molar-refractivity contribution in [1.82, 2.24) is 20.1 Å². The van der Waals surface area contributed by atoms with E-state index in [4.69, 9.17) is 0 Å². The number of aryl methyl sites for hydroxylation is 1. The second-order valence-electron chi connectivity index (χ2n) is 3.89. The molecule has 1 atom stereocenters. The maximum Gasteiger partial charge on any atom is 0.293 e. The minimum atomic E-state index is -0.0527. The smallest absolute Gasteiger partial charge is 0.293 e. The highest BCUT2D eigenvalue weighted by Gasteiger charge is 2.24. The lowest BCUT2D eigenvalue weighted by Crippen LogP contribution is -2.41. The summed E-state index contributed by atoms with van der Waals surface area (Å²) in [7, 11) is 0. The zero-order valence-electron chi connectivity index (χ0n) is 9.56. The second kappa shape index (κ2) is 4.86. The molecule has 1 aromatic rings. The van der Waals surface area contributed by atoms with E-state index in [2.05, 4.69) is 22.1 Å². The number of carbonyl (C=O) groups excluding carboxylic acids is 1. The molecule has 0 spiro atoms. The van der Waals surface area contributed by atoms with Gasteiger partial charge in [0.05, 0.1) is 0 Å². The molecule has 16 heavy (non-hydrogen) atoms. The molecule has 1 aromatic heterocycles. The van der Waals surface area contributed by atoms with Gasteiger partial charge in [0.2, 0.25) is 5.82 Å². The van der Waals surface area contributed by atoms with Crippen LogP contribution in [0.4, 0.5) is 0 Å². The number of hydrogen-bond donors (Lipinski definition) is 1. The normalized spacial score (nSPS) is 21.1. The van der Waals surface area contributed by atoms with Gasteiger partial charge in [-0.25, -0.2) is 4.98 Å². The summed E-state index contributed by atoms with van der Waals surface area (Å²) in [6.45, 7) is 5.71. The summed E-state index contributed by atoms with van der Waals surface area (Å²) in [6, 6.07) is 0. The van der Waals surface area contributed by atoms with Crippen LogP contribution in [0, 0.1) is 0 Å². The molecule has 2 rings (SSSR count). The van der Waals surface area contributed by atoms with Gasteiger partial charge >= 0.3 is 0 Å². The monoisotopic (exact) mass is 240 g/mol. The zero-order chi connectivity index (χ0) is 11.5. The van der Waals surface area contributed by atoms with Crippen LogP contribution in [0.15, 0.2) is 0 Å². The summed E-state index contributed by atoms with van der Waals surface area (Å²) < 4.78 is 0. The van der Waals surface area contributed by atoms with E-state index in [1.54, 1.807) is 0 Å². The fourth-order valence-corrected chi connectivity index (χ4v) is 2.71. The fourth-order valence-electron chi connectivity index (χ4n) is 1.69. The number of hydrogen-bond acceptors (Lipinski definition) is 4. The van der Waals surface area contributed by atoms with Gasteiger partial charge in [0, 0.05) is 30.5 Å². The number of H-pyrrole nitrogens is 1. The molecule has 0 saturated carbocycles. The molecule has 1 fully saturated rings. The maximum absolute atomic E-state index is 12.0. The van der Waals surface area contributed by atoms with Gasteiger partial charge in [-0.2, -0.15) is 11.8 Å². The fraction of sp³-hybridized carbons (Fsp3) is 0.700. The van der Waals surface area contributed by atoms with Gasteiger partial charge < -0.3 is 4.90 Å². The molecule has 0 aliphatic carbocycles. The summed E-state index contributed by atoms with van der Waals surface area (Å²) in [5.74, 6) is 2.01. The number of nitrogens with one attached hydrogen (secondary N) is 1. The Morgan fingerprint density at radius 3 is 3.12 bits per heavy atom. The molecule has 0 radical (unpaired) electrons. The van der Waals surface area contributed by atoms with Gasteiger partial charge in [0.1, 0.15) is 5.82 Å². The largest absolute Gasteiger partial charge is 0.334 e. The summed E-state index contributed by atoms with van der Waals surface area (Å²) in [6.07, 6.45) is 0.770. The first kappa shape index (κ1) is 11.4. The first-order valence-corrected chi connectivity index (χ1v) is 6.57. The van der Waals surface area contributed by atoms with Crippen LogP contribution < -0.4 is 0 Å². The number of aromatic nitrogens is 3. The summed E-state index contributed by atoms with van der Waals surface area (Å²) in [4.78, 5) is 18.0. The van der Waals surface area contributed by atoms with Crippen molar-refractivity contribution in [2.24, 2.45) is 0 Å². The van der Waals surface area contributed by atoms with Crippen LogP contribution in [-0.2, 0) is 6.42 Å². The predicted molar refractivity (Wildman–Crippen MR) is 63.6 cm³/mol. The predicted octanol–water partition coefficient (Wildman–Crippen LogP) is 0.945. The maximum atomic E-state index is 12.0. The Labute approximate surface area is 99.0 Å². The van der Waals surface area contributed by atoms with E-state index < -0.39 is 0 Å². The highest BCUT2D eigenvalue weighted by atomic mass is 32.2. The lowest BCUT2D eigenvalue weighted by Gasteiger charge is -2.29. The molecule has 1 unspecified atom stereocenters. The molecular weight excluding hydrogens is 224 g/mol. The minimum absolute atomic E-state index is 0.0527. The third-order valence-corrected chi connectivity index (χ3v) is 3.72. The number of thioether (sulfide) groups is 1. The molecule has 0 bridgehead atoms. The topological polar surface area (TPSA) is 61.9 Å². The second-order valence-corrected chi connectivity index (χ2v) is 5.44. The minimum Gasteiger partial charge on any atom is -0.334 e. The summed E-state index contributed by atoms with van der Waals surface area (Å²) in [5, 5.41) is 7.23. The molecule has 88 valence electrons. The Bertz CT molecular complexity index is 379. The Morgan fingerprint density at radius 2 is 2.50 bits per heavy atom. The van der Waals surface area contributed by atoms with Gasteiger partial charge in [-0.05, 0) is 0 Å². The van der Waals surface area contributed by atoms with E-state index in [1.807, 2.05) is 23.6 Å². The van der Waals surface area contributed by atoms with E-state index in [0.29, 0.717) is 11.1 Å². The number of rotatable bonds is 2. The number of nitrogens with zero attached hydrogens (tertiary/aromatic N) is 3. The van der Waals surface area contributed by atoms with Crippen molar-refractivity contribution >= 4 is 17.7 Å². The molecular formula is C10H16N4OS. The quantitative estimate of drug-likeness (QED) is 0.836. The van der Waals surface area contributed by atoms with Gasteiger partial charge in [-0.3, -0.25) is 9.89 Å². The average molecular weight is 240 g/mol.